The first-order valence-corrected chi connectivity index (χ1v) is 8.68. The molecule has 0 radical (unpaired) electrons. The fourth-order valence-corrected chi connectivity index (χ4v) is 3.07. The Kier molecular flexibility index (Phi) is 4.44. The Balaban J connectivity index is 2.02. The van der Waals surface area contributed by atoms with Crippen molar-refractivity contribution in [2.75, 3.05) is 6.61 Å². The molecule has 1 N–H and O–H groups in total. The predicted octanol–water partition coefficient (Wildman–Crippen LogP) is 2.44. The summed E-state index contributed by atoms with van der Waals surface area (Å²) in [5, 5.41) is 19.7. The van der Waals surface area contributed by atoms with Crippen LogP contribution in [0.4, 0.5) is 0 Å². The number of hydrogen-bond donors (Lipinski definition) is 1. The molecule has 132 valence electrons. The molecule has 0 amide bonds. The number of aliphatic hydroxyl groups is 1. The van der Waals surface area contributed by atoms with Crippen molar-refractivity contribution in [2.24, 2.45) is 5.92 Å². The predicted molar refractivity (Wildman–Crippen MR) is 98.6 cm³/mol. The van der Waals surface area contributed by atoms with Crippen molar-refractivity contribution in [3.63, 3.8) is 0 Å². The van der Waals surface area contributed by atoms with E-state index in [0.717, 1.165) is 16.4 Å². The Bertz CT molecular complexity index is 819. The first kappa shape index (κ1) is 18.0. The highest BCUT2D eigenvalue weighted by Crippen LogP contribution is 2.36. The summed E-state index contributed by atoms with van der Waals surface area (Å²) in [6, 6.07) is 8.20. The van der Waals surface area contributed by atoms with Crippen molar-refractivity contribution in [3.05, 3.63) is 30.0 Å². The van der Waals surface area contributed by atoms with Gasteiger partial charge in [0, 0.05) is 30.3 Å². The van der Waals surface area contributed by atoms with Gasteiger partial charge in [-0.2, -0.15) is 5.26 Å². The van der Waals surface area contributed by atoms with Crippen molar-refractivity contribution in [2.45, 2.75) is 52.4 Å². The van der Waals surface area contributed by atoms with Crippen molar-refractivity contribution >= 4 is 23.5 Å². The number of aliphatic hydroxyl groups excluding tert-OH is 1. The monoisotopic (exact) mass is 340 g/mol. The van der Waals surface area contributed by atoms with E-state index in [1.165, 1.54) is 0 Å². The van der Waals surface area contributed by atoms with E-state index in [2.05, 4.69) is 6.07 Å². The second-order valence-corrected chi connectivity index (χ2v) is 7.96. The van der Waals surface area contributed by atoms with E-state index in [1.807, 2.05) is 63.6 Å². The molecule has 0 aliphatic carbocycles. The van der Waals surface area contributed by atoms with Crippen LogP contribution >= 0.6 is 0 Å². The lowest BCUT2D eigenvalue weighted by molar-refractivity contribution is 0.00578. The molecule has 1 aromatic heterocycles. The largest absolute Gasteiger partial charge is 0.494 e. The molecule has 6 heteroatoms. The maximum absolute atomic E-state index is 9.40. The van der Waals surface area contributed by atoms with Gasteiger partial charge in [0.15, 0.2) is 0 Å². The van der Waals surface area contributed by atoms with Crippen molar-refractivity contribution in [1.29, 1.82) is 5.26 Å². The van der Waals surface area contributed by atoms with E-state index in [4.69, 9.17) is 9.31 Å². The van der Waals surface area contributed by atoms with Gasteiger partial charge >= 0.3 is 7.12 Å². The molecule has 1 aromatic carbocycles. The van der Waals surface area contributed by atoms with Crippen LogP contribution in [0.1, 0.15) is 40.2 Å². The van der Waals surface area contributed by atoms with Crippen LogP contribution in [0.25, 0.3) is 10.9 Å². The zero-order valence-corrected chi connectivity index (χ0v) is 15.5. The maximum atomic E-state index is 9.40. The van der Waals surface area contributed by atoms with Gasteiger partial charge in [-0.05, 0) is 45.1 Å². The Labute approximate surface area is 149 Å². The van der Waals surface area contributed by atoms with Crippen LogP contribution in [0, 0.1) is 17.2 Å². The highest BCUT2D eigenvalue weighted by atomic mass is 16.7. The molecule has 0 spiro atoms. The molecular formula is C19H25BN2O3. The Morgan fingerprint density at radius 3 is 2.44 bits per heavy atom. The molecule has 1 aliphatic heterocycles. The summed E-state index contributed by atoms with van der Waals surface area (Å²) < 4.78 is 14.3. The van der Waals surface area contributed by atoms with Crippen molar-refractivity contribution in [3.8, 4) is 6.07 Å². The molecule has 25 heavy (non-hydrogen) atoms. The third-order valence-corrected chi connectivity index (χ3v) is 5.37. The molecule has 1 aliphatic rings. The van der Waals surface area contributed by atoms with E-state index >= 15 is 0 Å². The zero-order valence-electron chi connectivity index (χ0n) is 15.5. The molecular weight excluding hydrogens is 315 g/mol. The highest BCUT2D eigenvalue weighted by molar-refractivity contribution is 6.62. The number of rotatable bonds is 4. The number of hydrogen-bond acceptors (Lipinski definition) is 4. The summed E-state index contributed by atoms with van der Waals surface area (Å²) in [7, 11) is -0.432. The normalized spacial score (nSPS) is 20.0. The SMILES string of the molecule is C[C@H](CO)Cn1cc(C#N)c2ccc(B3OC(C)(C)C(C)(C)O3)cc21. The topological polar surface area (TPSA) is 67.4 Å². The lowest BCUT2D eigenvalue weighted by Gasteiger charge is -2.32. The fourth-order valence-electron chi connectivity index (χ4n) is 3.07. The molecule has 0 saturated carbocycles. The van der Waals surface area contributed by atoms with Gasteiger partial charge in [0.25, 0.3) is 0 Å². The van der Waals surface area contributed by atoms with Crippen LogP contribution in [0.15, 0.2) is 24.4 Å². The van der Waals surface area contributed by atoms with Crippen molar-refractivity contribution < 1.29 is 14.4 Å². The van der Waals surface area contributed by atoms with Crippen LogP contribution in [0.5, 0.6) is 0 Å². The van der Waals surface area contributed by atoms with Crippen LogP contribution in [0.2, 0.25) is 0 Å². The van der Waals surface area contributed by atoms with E-state index in [-0.39, 0.29) is 12.5 Å². The van der Waals surface area contributed by atoms with Crippen LogP contribution < -0.4 is 5.46 Å². The van der Waals surface area contributed by atoms with E-state index < -0.39 is 18.3 Å². The Hall–Kier alpha value is -1.81. The van der Waals surface area contributed by atoms with Crippen molar-refractivity contribution in [1.82, 2.24) is 4.57 Å². The fraction of sp³-hybridized carbons (Fsp3) is 0.526. The molecule has 5 nitrogen and oxygen atoms in total. The van der Waals surface area contributed by atoms with Gasteiger partial charge in [-0.1, -0.05) is 19.1 Å². The minimum Gasteiger partial charge on any atom is -0.399 e. The number of benzene rings is 1. The summed E-state index contributed by atoms with van der Waals surface area (Å²) in [6.45, 7) is 10.9. The number of nitriles is 1. The number of nitrogens with zero attached hydrogens (tertiary/aromatic N) is 2. The average molecular weight is 340 g/mol. The third kappa shape index (κ3) is 3.08. The molecule has 1 saturated heterocycles. The second kappa shape index (κ2) is 6.17. The van der Waals surface area contributed by atoms with Crippen LogP contribution in [0.3, 0.4) is 0 Å². The van der Waals surface area contributed by atoms with Gasteiger partial charge in [-0.15, -0.1) is 0 Å². The third-order valence-electron chi connectivity index (χ3n) is 5.37. The summed E-state index contributed by atoms with van der Waals surface area (Å²) in [5.41, 5.74) is 1.76. The number of aromatic nitrogens is 1. The molecule has 0 unspecified atom stereocenters. The van der Waals surface area contributed by atoms with Gasteiger partial charge in [-0.3, -0.25) is 0 Å². The standard InChI is InChI=1S/C19H25BN2O3/c1-13(12-23)10-22-11-14(9-21)16-7-6-15(8-17(16)22)20-24-18(2,3)19(4,5)25-20/h6-8,11,13,23H,10,12H2,1-5H3/t13-/m0/s1. The molecule has 1 atom stereocenters. The van der Waals surface area contributed by atoms with Gasteiger partial charge < -0.3 is 19.0 Å². The number of fused-ring (bicyclic) bond motifs is 1. The summed E-state index contributed by atoms with van der Waals surface area (Å²) in [5.74, 6) is 0.114. The van der Waals surface area contributed by atoms with E-state index in [0.29, 0.717) is 12.1 Å². The minimum absolute atomic E-state index is 0.110. The Morgan fingerprint density at radius 2 is 1.88 bits per heavy atom. The summed E-state index contributed by atoms with van der Waals surface area (Å²) >= 11 is 0. The second-order valence-electron chi connectivity index (χ2n) is 7.96. The quantitative estimate of drug-likeness (QED) is 0.868. The minimum atomic E-state index is -0.432. The van der Waals surface area contributed by atoms with E-state index in [1.54, 1.807) is 0 Å². The average Bonchev–Trinajstić information content (AvgIpc) is 3.00. The first-order chi connectivity index (χ1) is 11.7. The lowest BCUT2D eigenvalue weighted by atomic mass is 9.78. The van der Waals surface area contributed by atoms with Crippen LogP contribution in [-0.2, 0) is 15.9 Å². The molecule has 2 aromatic rings. The summed E-state index contributed by atoms with van der Waals surface area (Å²) in [6.07, 6.45) is 1.85. The molecule has 1 fully saturated rings. The molecule has 0 bridgehead atoms. The zero-order chi connectivity index (χ0) is 18.4. The van der Waals surface area contributed by atoms with Gasteiger partial charge in [0.05, 0.1) is 16.8 Å². The smallest absolute Gasteiger partial charge is 0.399 e. The lowest BCUT2D eigenvalue weighted by Crippen LogP contribution is -2.41. The summed E-state index contributed by atoms with van der Waals surface area (Å²) in [4.78, 5) is 0. The maximum Gasteiger partial charge on any atom is 0.494 e. The van der Waals surface area contributed by atoms with Gasteiger partial charge in [0.2, 0.25) is 0 Å². The van der Waals surface area contributed by atoms with Gasteiger partial charge in [-0.25, -0.2) is 0 Å². The van der Waals surface area contributed by atoms with E-state index in [9.17, 15) is 10.4 Å². The molecule has 3 rings (SSSR count). The highest BCUT2D eigenvalue weighted by Gasteiger charge is 2.51. The van der Waals surface area contributed by atoms with Crippen LogP contribution in [-0.4, -0.2) is 34.6 Å². The first-order valence-electron chi connectivity index (χ1n) is 8.68. The van der Waals surface area contributed by atoms with Gasteiger partial charge in [0.1, 0.15) is 6.07 Å². The molecule has 2 heterocycles. The Morgan fingerprint density at radius 1 is 1.24 bits per heavy atom.